The highest BCUT2D eigenvalue weighted by Gasteiger charge is 2.31. The molecule has 1 fully saturated rings. The molecule has 0 aliphatic heterocycles. The number of rotatable bonds is 4. The molecule has 0 spiro atoms. The summed E-state index contributed by atoms with van der Waals surface area (Å²) in [6.07, 6.45) is 6.24. The summed E-state index contributed by atoms with van der Waals surface area (Å²) in [7, 11) is 2.05. The summed E-state index contributed by atoms with van der Waals surface area (Å²) >= 11 is 0. The van der Waals surface area contributed by atoms with Crippen LogP contribution in [0.3, 0.4) is 0 Å². The van der Waals surface area contributed by atoms with Gasteiger partial charge in [0.15, 0.2) is 0 Å². The Hall–Kier alpha value is -0.800. The first-order valence-corrected chi connectivity index (χ1v) is 6.62. The molecule has 0 amide bonds. The molecule has 1 aromatic heterocycles. The normalized spacial score (nSPS) is 29.5. The molecule has 96 valence electrons. The third-order valence-corrected chi connectivity index (χ3v) is 4.02. The molecule has 0 bridgehead atoms. The van der Waals surface area contributed by atoms with Crippen LogP contribution in [0.2, 0.25) is 0 Å². The zero-order valence-electron chi connectivity index (χ0n) is 10.9. The van der Waals surface area contributed by atoms with Crippen LogP contribution in [0.4, 0.5) is 0 Å². The number of aromatic nitrogens is 1. The second kappa shape index (κ2) is 5.23. The second-order valence-corrected chi connectivity index (χ2v) is 5.62. The molecular formula is C14H24N2O. The highest BCUT2D eigenvalue weighted by Crippen LogP contribution is 2.31. The maximum atomic E-state index is 10.4. The third-order valence-electron chi connectivity index (χ3n) is 4.02. The zero-order chi connectivity index (χ0) is 12.3. The summed E-state index contributed by atoms with van der Waals surface area (Å²) in [4.78, 5) is 0. The quantitative estimate of drug-likeness (QED) is 0.839. The summed E-state index contributed by atoms with van der Waals surface area (Å²) in [6, 6.07) is 4.16. The average Bonchev–Trinajstić information content (AvgIpc) is 2.70. The van der Waals surface area contributed by atoms with Crippen molar-refractivity contribution in [3.05, 3.63) is 24.0 Å². The van der Waals surface area contributed by atoms with E-state index in [0.29, 0.717) is 6.54 Å². The molecule has 1 aromatic rings. The topological polar surface area (TPSA) is 37.2 Å². The minimum absolute atomic E-state index is 0.475. The average molecular weight is 236 g/mol. The fraction of sp³-hybridized carbons (Fsp3) is 0.714. The van der Waals surface area contributed by atoms with E-state index >= 15 is 0 Å². The van der Waals surface area contributed by atoms with Gasteiger partial charge < -0.3 is 15.0 Å². The first-order chi connectivity index (χ1) is 8.09. The Morgan fingerprint density at radius 1 is 1.47 bits per heavy atom. The van der Waals surface area contributed by atoms with Gasteiger partial charge in [-0.05, 0) is 43.7 Å². The lowest BCUT2D eigenvalue weighted by atomic mass is 9.79. The Labute approximate surface area is 104 Å². The smallest absolute Gasteiger partial charge is 0.0771 e. The van der Waals surface area contributed by atoms with Crippen LogP contribution in [0.15, 0.2) is 18.3 Å². The minimum Gasteiger partial charge on any atom is -0.389 e. The van der Waals surface area contributed by atoms with Crippen LogP contribution < -0.4 is 5.32 Å². The molecular weight excluding hydrogens is 212 g/mol. The molecule has 0 unspecified atom stereocenters. The van der Waals surface area contributed by atoms with Crippen LogP contribution >= 0.6 is 0 Å². The minimum atomic E-state index is -0.475. The molecule has 0 aromatic carbocycles. The van der Waals surface area contributed by atoms with Crippen LogP contribution in [0.25, 0.3) is 0 Å². The van der Waals surface area contributed by atoms with Crippen molar-refractivity contribution in [3.63, 3.8) is 0 Å². The molecule has 3 heteroatoms. The van der Waals surface area contributed by atoms with Gasteiger partial charge in [0, 0.05) is 32.0 Å². The van der Waals surface area contributed by atoms with E-state index < -0.39 is 5.60 Å². The number of aliphatic hydroxyl groups is 1. The van der Waals surface area contributed by atoms with Crippen molar-refractivity contribution in [1.29, 1.82) is 0 Å². The van der Waals surface area contributed by atoms with Crippen LogP contribution in [0.1, 0.15) is 38.3 Å². The van der Waals surface area contributed by atoms with Gasteiger partial charge in [0.05, 0.1) is 5.60 Å². The number of aryl methyl sites for hydroxylation is 1. The maximum absolute atomic E-state index is 10.4. The lowest BCUT2D eigenvalue weighted by Gasteiger charge is -2.35. The van der Waals surface area contributed by atoms with Gasteiger partial charge in [0.1, 0.15) is 0 Å². The lowest BCUT2D eigenvalue weighted by Crippen LogP contribution is -2.43. The van der Waals surface area contributed by atoms with E-state index in [2.05, 4.69) is 22.9 Å². The zero-order valence-corrected chi connectivity index (χ0v) is 10.9. The standard InChI is InChI=1S/C14H24N2O/c1-12-5-7-14(17,8-6-12)11-15-10-13-4-3-9-16(13)2/h3-4,9,12,15,17H,5-8,10-11H2,1-2H3. The fourth-order valence-corrected chi connectivity index (χ4v) is 2.58. The summed E-state index contributed by atoms with van der Waals surface area (Å²) in [5.41, 5.74) is 0.787. The number of hydrogen-bond acceptors (Lipinski definition) is 2. The summed E-state index contributed by atoms with van der Waals surface area (Å²) in [5.74, 6) is 0.781. The highest BCUT2D eigenvalue weighted by atomic mass is 16.3. The number of hydrogen-bond donors (Lipinski definition) is 2. The Kier molecular flexibility index (Phi) is 3.89. The van der Waals surface area contributed by atoms with Crippen molar-refractivity contribution in [3.8, 4) is 0 Å². The van der Waals surface area contributed by atoms with Gasteiger partial charge in [-0.15, -0.1) is 0 Å². The van der Waals surface area contributed by atoms with Crippen molar-refractivity contribution in [1.82, 2.24) is 9.88 Å². The largest absolute Gasteiger partial charge is 0.389 e. The van der Waals surface area contributed by atoms with Gasteiger partial charge in [-0.1, -0.05) is 6.92 Å². The van der Waals surface area contributed by atoms with Gasteiger partial charge in [-0.25, -0.2) is 0 Å². The fourth-order valence-electron chi connectivity index (χ4n) is 2.58. The van der Waals surface area contributed by atoms with Crippen LogP contribution in [-0.2, 0) is 13.6 Å². The maximum Gasteiger partial charge on any atom is 0.0771 e. The first-order valence-electron chi connectivity index (χ1n) is 6.62. The number of nitrogens with zero attached hydrogens (tertiary/aromatic N) is 1. The SMILES string of the molecule is CC1CCC(O)(CNCc2cccn2C)CC1. The third kappa shape index (κ3) is 3.33. The van der Waals surface area contributed by atoms with E-state index in [9.17, 15) is 5.11 Å². The van der Waals surface area contributed by atoms with Gasteiger partial charge in [-0.2, -0.15) is 0 Å². The van der Waals surface area contributed by atoms with Crippen LogP contribution in [-0.4, -0.2) is 21.8 Å². The highest BCUT2D eigenvalue weighted by molar-refractivity contribution is 5.06. The molecule has 1 saturated carbocycles. The van der Waals surface area contributed by atoms with Gasteiger partial charge in [0.2, 0.25) is 0 Å². The monoisotopic (exact) mass is 236 g/mol. The van der Waals surface area contributed by atoms with Crippen LogP contribution in [0.5, 0.6) is 0 Å². The van der Waals surface area contributed by atoms with Crippen molar-refractivity contribution < 1.29 is 5.11 Å². The first kappa shape index (κ1) is 12.7. The molecule has 0 radical (unpaired) electrons. The molecule has 0 saturated heterocycles. The van der Waals surface area contributed by atoms with Crippen molar-refractivity contribution in [2.24, 2.45) is 13.0 Å². The molecule has 3 nitrogen and oxygen atoms in total. The van der Waals surface area contributed by atoms with Gasteiger partial charge in [0.25, 0.3) is 0 Å². The molecule has 2 N–H and O–H groups in total. The van der Waals surface area contributed by atoms with E-state index in [1.807, 2.05) is 19.3 Å². The van der Waals surface area contributed by atoms with Gasteiger partial charge >= 0.3 is 0 Å². The van der Waals surface area contributed by atoms with Gasteiger partial charge in [-0.3, -0.25) is 0 Å². The molecule has 1 heterocycles. The predicted octanol–water partition coefficient (Wildman–Crippen LogP) is 2.06. The van der Waals surface area contributed by atoms with Crippen molar-refractivity contribution in [2.45, 2.75) is 44.8 Å². The molecule has 0 atom stereocenters. The summed E-state index contributed by atoms with van der Waals surface area (Å²) in [5, 5.41) is 13.8. The molecule has 2 rings (SSSR count). The van der Waals surface area contributed by atoms with E-state index in [4.69, 9.17) is 0 Å². The lowest BCUT2D eigenvalue weighted by molar-refractivity contribution is -0.00639. The molecule has 1 aliphatic rings. The van der Waals surface area contributed by atoms with E-state index in [-0.39, 0.29) is 0 Å². The Morgan fingerprint density at radius 2 is 2.18 bits per heavy atom. The Bertz CT molecular complexity index is 351. The van der Waals surface area contributed by atoms with E-state index in [1.165, 1.54) is 5.69 Å². The van der Waals surface area contributed by atoms with Crippen LogP contribution in [0, 0.1) is 5.92 Å². The van der Waals surface area contributed by atoms with Crippen molar-refractivity contribution >= 4 is 0 Å². The Balaban J connectivity index is 1.76. The number of nitrogens with one attached hydrogen (secondary N) is 1. The predicted molar refractivity (Wildman–Crippen MR) is 69.7 cm³/mol. The molecule has 1 aliphatic carbocycles. The summed E-state index contributed by atoms with van der Waals surface area (Å²) in [6.45, 7) is 3.82. The summed E-state index contributed by atoms with van der Waals surface area (Å²) < 4.78 is 2.11. The molecule has 17 heavy (non-hydrogen) atoms. The van der Waals surface area contributed by atoms with E-state index in [1.54, 1.807) is 0 Å². The Morgan fingerprint density at radius 3 is 2.76 bits per heavy atom. The second-order valence-electron chi connectivity index (χ2n) is 5.62. The van der Waals surface area contributed by atoms with Crippen molar-refractivity contribution in [2.75, 3.05) is 6.54 Å². The van der Waals surface area contributed by atoms with E-state index in [0.717, 1.165) is 38.1 Å².